The molecule has 0 bridgehead atoms. The van der Waals surface area contributed by atoms with Gasteiger partial charge in [0.2, 0.25) is 5.91 Å². The Kier molecular flexibility index (Phi) is 7.34. The van der Waals surface area contributed by atoms with Gasteiger partial charge in [0.15, 0.2) is 0 Å². The van der Waals surface area contributed by atoms with E-state index in [0.29, 0.717) is 18.2 Å². The van der Waals surface area contributed by atoms with E-state index in [1.165, 1.54) is 12.0 Å². The number of carbonyl (C=O) groups excluding carboxylic acids is 1. The molecule has 1 unspecified atom stereocenters. The van der Waals surface area contributed by atoms with Crippen LogP contribution in [0.1, 0.15) is 24.3 Å². The molecule has 0 spiro atoms. The lowest BCUT2D eigenvalue weighted by Crippen LogP contribution is -2.47. The third-order valence-corrected chi connectivity index (χ3v) is 4.97. The second-order valence-electron chi connectivity index (χ2n) is 6.44. The van der Waals surface area contributed by atoms with Crippen LogP contribution in [0.25, 0.3) is 0 Å². The number of halogens is 1. The summed E-state index contributed by atoms with van der Waals surface area (Å²) in [6, 6.07) is 8.40. The lowest BCUT2D eigenvalue weighted by atomic mass is 9.98. The molecule has 0 aliphatic carbocycles. The Labute approximate surface area is 150 Å². The summed E-state index contributed by atoms with van der Waals surface area (Å²) in [5.74, 6) is 1.79. The first-order chi connectivity index (χ1) is 11.3. The summed E-state index contributed by atoms with van der Waals surface area (Å²) in [4.78, 5) is 16.7. The molecule has 1 aromatic carbocycles. The Morgan fingerprint density at radius 1 is 1.21 bits per heavy atom. The number of methoxy groups -OCH3 is 1. The van der Waals surface area contributed by atoms with E-state index in [-0.39, 0.29) is 12.4 Å². The van der Waals surface area contributed by atoms with Gasteiger partial charge in [-0.25, -0.2) is 0 Å². The number of nitrogens with zero attached hydrogens (tertiary/aromatic N) is 2. The average Bonchev–Trinajstić information content (AvgIpc) is 3.09. The quantitative estimate of drug-likeness (QED) is 0.875. The minimum Gasteiger partial charge on any atom is -0.497 e. The van der Waals surface area contributed by atoms with Crippen molar-refractivity contribution in [1.29, 1.82) is 0 Å². The summed E-state index contributed by atoms with van der Waals surface area (Å²) in [6.07, 6.45) is 1.82. The molecule has 2 fully saturated rings. The first-order valence-corrected chi connectivity index (χ1v) is 8.61. The van der Waals surface area contributed by atoms with Crippen molar-refractivity contribution in [3.8, 4) is 5.75 Å². The van der Waals surface area contributed by atoms with Gasteiger partial charge >= 0.3 is 0 Å². The number of piperazine rings is 1. The number of ether oxygens (including phenoxy) is 1. The third-order valence-electron chi connectivity index (χ3n) is 4.97. The Morgan fingerprint density at radius 2 is 1.92 bits per heavy atom. The highest BCUT2D eigenvalue weighted by Crippen LogP contribution is 2.28. The van der Waals surface area contributed by atoms with Gasteiger partial charge in [0.05, 0.1) is 7.11 Å². The summed E-state index contributed by atoms with van der Waals surface area (Å²) in [6.45, 7) is 6.59. The Balaban J connectivity index is 0.00000208. The molecule has 0 saturated carbocycles. The van der Waals surface area contributed by atoms with E-state index in [0.717, 1.165) is 51.6 Å². The van der Waals surface area contributed by atoms with E-state index in [2.05, 4.69) is 22.3 Å². The summed E-state index contributed by atoms with van der Waals surface area (Å²) >= 11 is 0. The fourth-order valence-corrected chi connectivity index (χ4v) is 3.51. The van der Waals surface area contributed by atoms with Gasteiger partial charge < -0.3 is 19.9 Å². The topological polar surface area (TPSA) is 44.8 Å². The normalized spacial score (nSPS) is 21.4. The van der Waals surface area contributed by atoms with Gasteiger partial charge in [-0.15, -0.1) is 12.4 Å². The fraction of sp³-hybridized carbons (Fsp3) is 0.611. The number of likely N-dealkylation sites (tertiary alicyclic amines) is 1. The third kappa shape index (κ3) is 4.85. The molecule has 2 saturated heterocycles. The first kappa shape index (κ1) is 19.0. The van der Waals surface area contributed by atoms with E-state index in [1.807, 2.05) is 17.0 Å². The first-order valence-electron chi connectivity index (χ1n) is 8.61. The molecule has 1 amide bonds. The average molecular weight is 354 g/mol. The van der Waals surface area contributed by atoms with Crippen molar-refractivity contribution in [2.45, 2.75) is 18.8 Å². The van der Waals surface area contributed by atoms with Crippen LogP contribution in [0.2, 0.25) is 0 Å². The monoisotopic (exact) mass is 353 g/mol. The number of hydrogen-bond donors (Lipinski definition) is 1. The SMILES string of the molecule is COc1ccc(C2CCN(CCC(=O)N3CCNCC3)C2)cc1.Cl. The van der Waals surface area contributed by atoms with Gasteiger partial charge in [-0.3, -0.25) is 4.79 Å². The second-order valence-corrected chi connectivity index (χ2v) is 6.44. The maximum atomic E-state index is 12.2. The summed E-state index contributed by atoms with van der Waals surface area (Å²) in [7, 11) is 1.70. The van der Waals surface area contributed by atoms with Crippen LogP contribution in [0, 0.1) is 0 Å². The van der Waals surface area contributed by atoms with E-state index >= 15 is 0 Å². The van der Waals surface area contributed by atoms with E-state index in [1.54, 1.807) is 7.11 Å². The molecule has 134 valence electrons. The van der Waals surface area contributed by atoms with Gasteiger partial charge in [-0.2, -0.15) is 0 Å². The number of nitrogens with one attached hydrogen (secondary N) is 1. The Bertz CT molecular complexity index is 518. The van der Waals surface area contributed by atoms with E-state index in [9.17, 15) is 4.79 Å². The highest BCUT2D eigenvalue weighted by molar-refractivity contribution is 5.85. The predicted molar refractivity (Wildman–Crippen MR) is 98.1 cm³/mol. The van der Waals surface area contributed by atoms with Crippen LogP contribution in [0.15, 0.2) is 24.3 Å². The molecule has 1 atom stereocenters. The van der Waals surface area contributed by atoms with Crippen molar-refractivity contribution in [2.75, 3.05) is 52.9 Å². The van der Waals surface area contributed by atoms with Gasteiger partial charge in [0.1, 0.15) is 5.75 Å². The zero-order valence-electron chi connectivity index (χ0n) is 14.4. The standard InChI is InChI=1S/C18H27N3O2.ClH/c1-23-17-4-2-15(3-5-17)16-6-10-20(14-16)11-7-18(22)21-12-8-19-9-13-21;/h2-5,16,19H,6-14H2,1H3;1H. The highest BCUT2D eigenvalue weighted by Gasteiger charge is 2.25. The number of amides is 1. The molecular formula is C18H28ClN3O2. The largest absolute Gasteiger partial charge is 0.497 e. The maximum Gasteiger partial charge on any atom is 0.223 e. The van der Waals surface area contributed by atoms with Crippen LogP contribution in [0.4, 0.5) is 0 Å². The van der Waals surface area contributed by atoms with Crippen LogP contribution in [-0.4, -0.2) is 68.6 Å². The van der Waals surface area contributed by atoms with Crippen LogP contribution >= 0.6 is 12.4 Å². The summed E-state index contributed by atoms with van der Waals surface area (Å²) in [5.41, 5.74) is 1.38. The zero-order chi connectivity index (χ0) is 16.1. The molecule has 2 aliphatic heterocycles. The van der Waals surface area contributed by atoms with Crippen molar-refractivity contribution >= 4 is 18.3 Å². The highest BCUT2D eigenvalue weighted by atomic mass is 35.5. The van der Waals surface area contributed by atoms with Crippen LogP contribution in [-0.2, 0) is 4.79 Å². The lowest BCUT2D eigenvalue weighted by molar-refractivity contribution is -0.132. The Hall–Kier alpha value is -1.30. The lowest BCUT2D eigenvalue weighted by Gasteiger charge is -2.28. The second kappa shape index (κ2) is 9.25. The number of benzene rings is 1. The van der Waals surface area contributed by atoms with Gasteiger partial charge in [0.25, 0.3) is 0 Å². The molecular weight excluding hydrogens is 326 g/mol. The molecule has 5 nitrogen and oxygen atoms in total. The molecule has 0 aromatic heterocycles. The number of carbonyl (C=O) groups is 1. The van der Waals surface area contributed by atoms with Crippen LogP contribution in [0.5, 0.6) is 5.75 Å². The van der Waals surface area contributed by atoms with Crippen molar-refractivity contribution in [3.63, 3.8) is 0 Å². The summed E-state index contributed by atoms with van der Waals surface area (Å²) < 4.78 is 5.22. The van der Waals surface area contributed by atoms with Crippen molar-refractivity contribution in [3.05, 3.63) is 29.8 Å². The molecule has 0 radical (unpaired) electrons. The van der Waals surface area contributed by atoms with Crippen molar-refractivity contribution < 1.29 is 9.53 Å². The molecule has 1 N–H and O–H groups in total. The molecule has 24 heavy (non-hydrogen) atoms. The van der Waals surface area contributed by atoms with E-state index in [4.69, 9.17) is 4.74 Å². The zero-order valence-corrected chi connectivity index (χ0v) is 15.2. The van der Waals surface area contributed by atoms with E-state index < -0.39 is 0 Å². The smallest absolute Gasteiger partial charge is 0.223 e. The van der Waals surface area contributed by atoms with Gasteiger partial charge in [-0.1, -0.05) is 12.1 Å². The predicted octanol–water partition coefficient (Wildman–Crippen LogP) is 1.73. The molecule has 2 heterocycles. The van der Waals surface area contributed by atoms with Crippen LogP contribution < -0.4 is 10.1 Å². The maximum absolute atomic E-state index is 12.2. The summed E-state index contributed by atoms with van der Waals surface area (Å²) in [5, 5.41) is 3.29. The molecule has 1 aromatic rings. The minimum absolute atomic E-state index is 0. The fourth-order valence-electron chi connectivity index (χ4n) is 3.51. The van der Waals surface area contributed by atoms with Crippen molar-refractivity contribution in [2.24, 2.45) is 0 Å². The minimum atomic E-state index is 0. The molecule has 3 rings (SSSR count). The Morgan fingerprint density at radius 3 is 2.58 bits per heavy atom. The molecule has 2 aliphatic rings. The van der Waals surface area contributed by atoms with Crippen LogP contribution in [0.3, 0.4) is 0 Å². The molecule has 6 heteroatoms. The van der Waals surface area contributed by atoms with Crippen molar-refractivity contribution in [1.82, 2.24) is 15.1 Å². The number of rotatable bonds is 5. The number of hydrogen-bond acceptors (Lipinski definition) is 4. The van der Waals surface area contributed by atoms with Gasteiger partial charge in [-0.05, 0) is 36.6 Å². The van der Waals surface area contributed by atoms with Gasteiger partial charge in [0, 0.05) is 45.7 Å².